The number of nitrogens with two attached hydrogens (primary N) is 1. The summed E-state index contributed by atoms with van der Waals surface area (Å²) >= 11 is 0. The third-order valence-electron chi connectivity index (χ3n) is 4.82. The van der Waals surface area contributed by atoms with Crippen molar-refractivity contribution in [3.63, 3.8) is 0 Å². The van der Waals surface area contributed by atoms with E-state index in [1.165, 1.54) is 10.8 Å². The molecule has 0 saturated heterocycles. The van der Waals surface area contributed by atoms with Crippen molar-refractivity contribution in [1.29, 1.82) is 0 Å². The number of fused-ring (bicyclic) bond motifs is 2. The van der Waals surface area contributed by atoms with Crippen LogP contribution in [0.2, 0.25) is 0 Å². The van der Waals surface area contributed by atoms with Crippen LogP contribution in [0.4, 0.5) is 0 Å². The van der Waals surface area contributed by atoms with E-state index < -0.39 is 0 Å². The van der Waals surface area contributed by atoms with Crippen molar-refractivity contribution >= 4 is 58.6 Å². The number of nitrogens with zero attached hydrogens (tertiary/aromatic N) is 1. The Bertz CT molecular complexity index is 1160. The van der Waals surface area contributed by atoms with Gasteiger partial charge >= 0.3 is 0 Å². The molecule has 0 radical (unpaired) electrons. The predicted molar refractivity (Wildman–Crippen MR) is 128 cm³/mol. The molecular formula is C23H24Cl2N4O. The first kappa shape index (κ1) is 23.4. The lowest BCUT2D eigenvalue weighted by Gasteiger charge is -2.16. The van der Waals surface area contributed by atoms with Crippen molar-refractivity contribution in [3.05, 3.63) is 84.2 Å². The topological polar surface area (TPSA) is 83.8 Å². The Morgan fingerprint density at radius 2 is 1.90 bits per heavy atom. The number of pyridine rings is 1. The van der Waals surface area contributed by atoms with Gasteiger partial charge < -0.3 is 16.0 Å². The van der Waals surface area contributed by atoms with Crippen LogP contribution in [-0.4, -0.2) is 28.5 Å². The van der Waals surface area contributed by atoms with Gasteiger partial charge in [0, 0.05) is 42.0 Å². The fraction of sp³-hybridized carbons (Fsp3) is 0.130. The molecule has 4 aromatic rings. The highest BCUT2D eigenvalue weighted by molar-refractivity contribution is 5.95. The van der Waals surface area contributed by atoms with Crippen molar-refractivity contribution in [3.8, 4) is 0 Å². The molecule has 7 heteroatoms. The minimum absolute atomic E-state index is 0. The summed E-state index contributed by atoms with van der Waals surface area (Å²) in [6.45, 7) is 0.378. The first-order valence-electron chi connectivity index (χ1n) is 9.31. The van der Waals surface area contributed by atoms with E-state index in [1.54, 1.807) is 18.3 Å². The van der Waals surface area contributed by atoms with Gasteiger partial charge in [0.15, 0.2) is 0 Å². The van der Waals surface area contributed by atoms with Crippen LogP contribution < -0.4 is 11.1 Å². The molecule has 30 heavy (non-hydrogen) atoms. The number of rotatable bonds is 6. The first-order valence-corrected chi connectivity index (χ1v) is 9.31. The van der Waals surface area contributed by atoms with Crippen LogP contribution in [0, 0.1) is 0 Å². The van der Waals surface area contributed by atoms with Crippen LogP contribution in [0.15, 0.2) is 73.1 Å². The number of carbonyl (C=O) groups excluding carboxylic acids is 1. The maximum atomic E-state index is 12.4. The van der Waals surface area contributed by atoms with E-state index >= 15 is 0 Å². The Morgan fingerprint density at radius 1 is 1.10 bits per heavy atom. The van der Waals surface area contributed by atoms with Crippen LogP contribution in [0.3, 0.4) is 0 Å². The zero-order valence-electron chi connectivity index (χ0n) is 16.2. The van der Waals surface area contributed by atoms with Crippen molar-refractivity contribution < 1.29 is 4.79 Å². The third-order valence-corrected chi connectivity index (χ3v) is 4.82. The van der Waals surface area contributed by atoms with Crippen molar-refractivity contribution in [1.82, 2.24) is 15.3 Å². The number of carbonyl (C=O) groups is 1. The van der Waals surface area contributed by atoms with Gasteiger partial charge in [-0.2, -0.15) is 0 Å². The van der Waals surface area contributed by atoms with E-state index in [-0.39, 0.29) is 36.8 Å². The fourth-order valence-corrected chi connectivity index (χ4v) is 3.37. The summed E-state index contributed by atoms with van der Waals surface area (Å²) in [5.74, 6) is -0.158. The third kappa shape index (κ3) is 5.39. The summed E-state index contributed by atoms with van der Waals surface area (Å²) < 4.78 is 0. The average Bonchev–Trinajstić information content (AvgIpc) is 3.15. The molecule has 0 aliphatic rings. The molecule has 1 amide bonds. The highest BCUT2D eigenvalue weighted by Gasteiger charge is 2.10. The normalized spacial score (nSPS) is 11.8. The monoisotopic (exact) mass is 442 g/mol. The van der Waals surface area contributed by atoms with Crippen molar-refractivity contribution in [2.75, 3.05) is 6.54 Å². The summed E-state index contributed by atoms with van der Waals surface area (Å²) in [6.07, 6.45) is 7.60. The number of nitrogens with one attached hydrogen (secondary N) is 2. The van der Waals surface area contributed by atoms with Gasteiger partial charge in [-0.3, -0.25) is 4.79 Å². The highest BCUT2D eigenvalue weighted by atomic mass is 35.5. The maximum absolute atomic E-state index is 12.4. The molecule has 5 nitrogen and oxygen atoms in total. The van der Waals surface area contributed by atoms with E-state index in [0.29, 0.717) is 13.0 Å². The zero-order chi connectivity index (χ0) is 19.3. The molecule has 4 rings (SSSR count). The van der Waals surface area contributed by atoms with Gasteiger partial charge in [0.1, 0.15) is 5.65 Å². The Hall–Kier alpha value is -2.86. The summed E-state index contributed by atoms with van der Waals surface area (Å²) in [4.78, 5) is 19.7. The molecule has 2 aromatic heterocycles. The summed E-state index contributed by atoms with van der Waals surface area (Å²) in [5, 5.41) is 6.38. The predicted octanol–water partition coefficient (Wildman–Crippen LogP) is 4.26. The number of amides is 1. The Kier molecular flexibility index (Phi) is 8.42. The largest absolute Gasteiger partial charge is 0.348 e. The van der Waals surface area contributed by atoms with Crippen LogP contribution in [0.1, 0.15) is 11.1 Å². The minimum atomic E-state index is -0.158. The zero-order valence-corrected chi connectivity index (χ0v) is 17.9. The number of H-pyrrole nitrogens is 1. The molecule has 2 aromatic carbocycles. The van der Waals surface area contributed by atoms with Gasteiger partial charge in [-0.05, 0) is 41.0 Å². The molecule has 0 spiro atoms. The highest BCUT2D eigenvalue weighted by Crippen LogP contribution is 2.18. The summed E-state index contributed by atoms with van der Waals surface area (Å²) in [6, 6.07) is 18.3. The Balaban J connectivity index is 0.00000160. The Labute approximate surface area is 187 Å². The molecule has 156 valence electrons. The quantitative estimate of drug-likeness (QED) is 0.390. The first-order chi connectivity index (χ1) is 13.7. The standard InChI is InChI=1S/C23H22N4O.2ClH/c24-14-20(13-16-7-8-17-4-1-2-5-18(17)12-16)27-22(28)10-9-19-15-26-23-21(19)6-3-11-25-23;;/h1-12,15,20H,13-14,24H2,(H,25,26)(H,27,28);2*1H/t20-;;/m0../s1. The molecule has 2 heterocycles. The van der Waals surface area contributed by atoms with Gasteiger partial charge in [-0.25, -0.2) is 4.98 Å². The smallest absolute Gasteiger partial charge is 0.244 e. The average molecular weight is 443 g/mol. The number of halogens is 2. The second-order valence-electron chi connectivity index (χ2n) is 6.80. The lowest BCUT2D eigenvalue weighted by Crippen LogP contribution is -2.40. The van der Waals surface area contributed by atoms with Gasteiger partial charge in [-0.15, -0.1) is 24.8 Å². The van der Waals surface area contributed by atoms with Gasteiger partial charge in [-0.1, -0.05) is 42.5 Å². The van der Waals surface area contributed by atoms with Crippen molar-refractivity contribution in [2.24, 2.45) is 5.73 Å². The van der Waals surface area contributed by atoms with E-state index in [0.717, 1.165) is 22.2 Å². The van der Waals surface area contributed by atoms with Crippen LogP contribution in [-0.2, 0) is 11.2 Å². The molecule has 0 unspecified atom stereocenters. The lowest BCUT2D eigenvalue weighted by atomic mass is 10.0. The summed E-state index contributed by atoms with van der Waals surface area (Å²) in [5.41, 5.74) is 8.78. The second-order valence-corrected chi connectivity index (χ2v) is 6.80. The Morgan fingerprint density at radius 3 is 2.70 bits per heavy atom. The van der Waals surface area contributed by atoms with Crippen LogP contribution in [0.25, 0.3) is 27.9 Å². The van der Waals surface area contributed by atoms with E-state index in [4.69, 9.17) is 5.73 Å². The molecule has 0 aliphatic carbocycles. The molecule has 0 fully saturated rings. The van der Waals surface area contributed by atoms with Crippen molar-refractivity contribution in [2.45, 2.75) is 12.5 Å². The van der Waals surface area contributed by atoms with E-state index in [9.17, 15) is 4.79 Å². The van der Waals surface area contributed by atoms with Gasteiger partial charge in [0.2, 0.25) is 5.91 Å². The molecule has 4 N–H and O–H groups in total. The van der Waals surface area contributed by atoms with Crippen LogP contribution in [0.5, 0.6) is 0 Å². The van der Waals surface area contributed by atoms with Gasteiger partial charge in [0.05, 0.1) is 0 Å². The number of benzene rings is 2. The lowest BCUT2D eigenvalue weighted by molar-refractivity contribution is -0.117. The maximum Gasteiger partial charge on any atom is 0.244 e. The second kappa shape index (κ2) is 10.8. The SMILES string of the molecule is Cl.Cl.NC[C@H](Cc1ccc2ccccc2c1)NC(=O)C=Cc1c[nH]c2ncccc12. The molecule has 0 saturated carbocycles. The minimum Gasteiger partial charge on any atom is -0.348 e. The number of hydrogen-bond donors (Lipinski definition) is 3. The van der Waals surface area contributed by atoms with E-state index in [2.05, 4.69) is 45.6 Å². The van der Waals surface area contributed by atoms with Crippen LogP contribution >= 0.6 is 24.8 Å². The molecular weight excluding hydrogens is 419 g/mol. The molecule has 0 aliphatic heterocycles. The summed E-state index contributed by atoms with van der Waals surface area (Å²) in [7, 11) is 0. The number of aromatic nitrogens is 2. The van der Waals surface area contributed by atoms with Gasteiger partial charge in [0.25, 0.3) is 0 Å². The number of aromatic amines is 1. The molecule has 0 bridgehead atoms. The van der Waals surface area contributed by atoms with E-state index in [1.807, 2.05) is 30.5 Å². The number of hydrogen-bond acceptors (Lipinski definition) is 3. The molecule has 1 atom stereocenters. The fourth-order valence-electron chi connectivity index (χ4n) is 3.37.